The van der Waals surface area contributed by atoms with E-state index in [1.54, 1.807) is 0 Å². The molecule has 0 amide bonds. The highest BCUT2D eigenvalue weighted by Gasteiger charge is 2.29. The summed E-state index contributed by atoms with van der Waals surface area (Å²) in [6, 6.07) is 0. The minimum absolute atomic E-state index is 0.0800. The Morgan fingerprint density at radius 1 is 0.871 bits per heavy atom. The number of unbranched alkanes of at least 4 members (excludes halogenated alkanes) is 8. The van der Waals surface area contributed by atoms with Crippen molar-refractivity contribution in [1.82, 2.24) is 0 Å². The Labute approximate surface area is 185 Å². The van der Waals surface area contributed by atoms with E-state index >= 15 is 0 Å². The highest BCUT2D eigenvalue weighted by Crippen LogP contribution is 2.14. The van der Waals surface area contributed by atoms with Crippen LogP contribution >= 0.6 is 0 Å². The van der Waals surface area contributed by atoms with Gasteiger partial charge in [-0.25, -0.2) is 0 Å². The van der Waals surface area contributed by atoms with Crippen molar-refractivity contribution >= 4 is 13.3 Å². The van der Waals surface area contributed by atoms with Gasteiger partial charge in [0.2, 0.25) is 0 Å². The lowest BCUT2D eigenvalue weighted by molar-refractivity contribution is -0.179. The second kappa shape index (κ2) is 19.9. The van der Waals surface area contributed by atoms with Crippen LogP contribution in [0.1, 0.15) is 77.6 Å². The van der Waals surface area contributed by atoms with Gasteiger partial charge in [0.05, 0.1) is 25.9 Å². The number of esters is 1. The first-order valence-corrected chi connectivity index (χ1v) is 11.3. The number of aliphatic hydroxyl groups excluding tert-OH is 4. The smallest absolute Gasteiger partial charge is 0.457 e. The van der Waals surface area contributed by atoms with Crippen LogP contribution in [-0.2, 0) is 18.9 Å². The highest BCUT2D eigenvalue weighted by molar-refractivity contribution is 6.32. The minimum atomic E-state index is -2.16. The van der Waals surface area contributed by atoms with Crippen molar-refractivity contribution in [3.8, 4) is 0 Å². The fourth-order valence-electron chi connectivity index (χ4n) is 3.04. The number of carbonyl (C=O) groups is 1. The van der Waals surface area contributed by atoms with Crippen molar-refractivity contribution in [1.29, 1.82) is 0 Å². The third-order valence-electron chi connectivity index (χ3n) is 4.87. The second-order valence-electron chi connectivity index (χ2n) is 7.59. The summed E-state index contributed by atoms with van der Waals surface area (Å²) in [5.74, 6) is -0.528. The summed E-state index contributed by atoms with van der Waals surface area (Å²) in [6.07, 6.45) is 4.64. The van der Waals surface area contributed by atoms with E-state index in [9.17, 15) is 20.1 Å². The molecule has 6 N–H and O–H groups in total. The number of hydrogen-bond acceptors (Lipinski definition) is 10. The molecule has 0 aromatic rings. The summed E-state index contributed by atoms with van der Waals surface area (Å²) in [7, 11) is -2.16. The third kappa shape index (κ3) is 16.5. The van der Waals surface area contributed by atoms with Gasteiger partial charge in [0.25, 0.3) is 0 Å². The maximum absolute atomic E-state index is 12.1. The van der Waals surface area contributed by atoms with Crippen LogP contribution in [0, 0.1) is 0 Å². The van der Waals surface area contributed by atoms with Crippen LogP contribution in [0.25, 0.3) is 0 Å². The van der Waals surface area contributed by atoms with Crippen LogP contribution in [0.3, 0.4) is 0 Å². The van der Waals surface area contributed by atoms with Gasteiger partial charge in [-0.2, -0.15) is 0 Å². The van der Waals surface area contributed by atoms with Crippen LogP contribution in [0.4, 0.5) is 0 Å². The zero-order valence-corrected chi connectivity index (χ0v) is 18.6. The molecular formula is C20H41BO10. The SMILES string of the molecule is CCCCCCCCCCCC(=O)OC(CO)C(CCOC(O)C(O)CO)OB(O)O. The summed E-state index contributed by atoms with van der Waals surface area (Å²) in [5.41, 5.74) is 0. The van der Waals surface area contributed by atoms with Crippen molar-refractivity contribution in [2.75, 3.05) is 19.8 Å². The molecule has 10 nitrogen and oxygen atoms in total. The molecule has 0 heterocycles. The number of aliphatic hydroxyl groups is 4. The maximum Gasteiger partial charge on any atom is 0.634 e. The molecule has 0 aliphatic carbocycles. The van der Waals surface area contributed by atoms with Gasteiger partial charge in [-0.3, -0.25) is 4.79 Å². The summed E-state index contributed by atoms with van der Waals surface area (Å²) in [4.78, 5) is 12.1. The van der Waals surface area contributed by atoms with E-state index in [0.29, 0.717) is 6.42 Å². The first-order chi connectivity index (χ1) is 14.8. The Hall–Kier alpha value is -0.785. The molecule has 0 aliphatic heterocycles. The van der Waals surface area contributed by atoms with Crippen LogP contribution in [0.2, 0.25) is 0 Å². The summed E-state index contributed by atoms with van der Waals surface area (Å²) >= 11 is 0. The van der Waals surface area contributed by atoms with Gasteiger partial charge in [-0.15, -0.1) is 0 Å². The zero-order valence-electron chi connectivity index (χ0n) is 18.6. The Morgan fingerprint density at radius 2 is 1.45 bits per heavy atom. The van der Waals surface area contributed by atoms with Crippen molar-refractivity contribution in [3.05, 3.63) is 0 Å². The van der Waals surface area contributed by atoms with Crippen LogP contribution in [-0.4, -0.2) is 88.2 Å². The predicted molar refractivity (Wildman–Crippen MR) is 114 cm³/mol. The molecule has 0 saturated carbocycles. The van der Waals surface area contributed by atoms with Crippen LogP contribution in [0.15, 0.2) is 0 Å². The van der Waals surface area contributed by atoms with Crippen molar-refractivity contribution in [2.45, 2.75) is 102 Å². The van der Waals surface area contributed by atoms with E-state index in [2.05, 4.69) is 6.92 Å². The topological polar surface area (TPSA) is 166 Å². The van der Waals surface area contributed by atoms with E-state index in [-0.39, 0.29) is 19.4 Å². The molecule has 0 bridgehead atoms. The molecule has 4 atom stereocenters. The van der Waals surface area contributed by atoms with Gasteiger partial charge < -0.3 is 44.6 Å². The predicted octanol–water partition coefficient (Wildman–Crippen LogP) is 0.244. The number of hydrogen-bond donors (Lipinski definition) is 6. The molecule has 0 fully saturated rings. The lowest BCUT2D eigenvalue weighted by atomic mass is 10.1. The van der Waals surface area contributed by atoms with Gasteiger partial charge >= 0.3 is 13.3 Å². The fourth-order valence-corrected chi connectivity index (χ4v) is 3.04. The molecule has 0 aromatic heterocycles. The highest BCUT2D eigenvalue weighted by atomic mass is 16.6. The quantitative estimate of drug-likeness (QED) is 0.0615. The minimum Gasteiger partial charge on any atom is -0.457 e. The van der Waals surface area contributed by atoms with Gasteiger partial charge in [0.15, 0.2) is 6.29 Å². The standard InChI is InChI=1S/C20H41BO10/c1-2-3-4-5-6-7-8-9-10-11-19(25)30-18(15-23)17(31-21(27)28)12-13-29-20(26)16(24)14-22/h16-18,20,22-24,26-28H,2-15H2,1H3. The third-order valence-corrected chi connectivity index (χ3v) is 4.87. The average molecular weight is 452 g/mol. The average Bonchev–Trinajstić information content (AvgIpc) is 2.74. The number of ether oxygens (including phenoxy) is 2. The van der Waals surface area contributed by atoms with Crippen molar-refractivity contribution in [2.24, 2.45) is 0 Å². The van der Waals surface area contributed by atoms with E-state index in [0.717, 1.165) is 19.3 Å². The Morgan fingerprint density at radius 3 is 1.97 bits per heavy atom. The van der Waals surface area contributed by atoms with Crippen LogP contribution in [0.5, 0.6) is 0 Å². The molecule has 11 heteroatoms. The Balaban J connectivity index is 4.26. The molecular weight excluding hydrogens is 411 g/mol. The van der Waals surface area contributed by atoms with Crippen molar-refractivity contribution in [3.63, 3.8) is 0 Å². The van der Waals surface area contributed by atoms with Gasteiger partial charge in [0.1, 0.15) is 12.2 Å². The molecule has 0 rings (SSSR count). The van der Waals surface area contributed by atoms with E-state index in [4.69, 9.17) is 29.3 Å². The Kier molecular flexibility index (Phi) is 19.4. The second-order valence-corrected chi connectivity index (χ2v) is 7.59. The zero-order chi connectivity index (χ0) is 23.5. The number of carbonyl (C=O) groups excluding carboxylic acids is 1. The lowest BCUT2D eigenvalue weighted by Gasteiger charge is -2.26. The van der Waals surface area contributed by atoms with E-state index in [1.165, 1.54) is 32.1 Å². The van der Waals surface area contributed by atoms with Crippen LogP contribution < -0.4 is 0 Å². The maximum atomic E-state index is 12.1. The number of rotatable bonds is 21. The molecule has 0 aromatic carbocycles. The van der Waals surface area contributed by atoms with E-state index in [1.807, 2.05) is 0 Å². The first-order valence-electron chi connectivity index (χ1n) is 11.3. The monoisotopic (exact) mass is 452 g/mol. The first kappa shape index (κ1) is 30.2. The summed E-state index contributed by atoms with van der Waals surface area (Å²) in [6.45, 7) is 0.653. The molecule has 4 unspecified atom stereocenters. The molecule has 0 spiro atoms. The summed E-state index contributed by atoms with van der Waals surface area (Å²) < 4.78 is 15.0. The molecule has 0 aliphatic rings. The molecule has 184 valence electrons. The van der Waals surface area contributed by atoms with E-state index < -0.39 is 51.1 Å². The van der Waals surface area contributed by atoms with Crippen molar-refractivity contribution < 1.29 is 49.4 Å². The normalized spacial score (nSPS) is 15.3. The lowest BCUT2D eigenvalue weighted by Crippen LogP contribution is -2.41. The van der Waals surface area contributed by atoms with Gasteiger partial charge in [0, 0.05) is 6.42 Å². The molecule has 0 radical (unpaired) electrons. The largest absolute Gasteiger partial charge is 0.634 e. The van der Waals surface area contributed by atoms with Gasteiger partial charge in [-0.1, -0.05) is 58.3 Å². The fraction of sp³-hybridized carbons (Fsp3) is 0.950. The molecule has 0 saturated heterocycles. The van der Waals surface area contributed by atoms with Gasteiger partial charge in [-0.05, 0) is 12.8 Å². The Bertz CT molecular complexity index is 427. The molecule has 31 heavy (non-hydrogen) atoms. The summed E-state index contributed by atoms with van der Waals surface area (Å²) in [5, 5.41) is 55.2.